The maximum Gasteiger partial charge on any atom is 0.260 e. The van der Waals surface area contributed by atoms with E-state index in [9.17, 15) is 4.79 Å². The van der Waals surface area contributed by atoms with Crippen LogP contribution in [0.15, 0.2) is 29.6 Å². The fourth-order valence-corrected chi connectivity index (χ4v) is 2.44. The molecule has 20 heavy (non-hydrogen) atoms. The maximum absolute atomic E-state index is 12.2. The predicted molar refractivity (Wildman–Crippen MR) is 83.0 cm³/mol. The number of aryl methyl sites for hydroxylation is 1. The van der Waals surface area contributed by atoms with Gasteiger partial charge in [-0.25, -0.2) is 9.97 Å². The lowest BCUT2D eigenvalue weighted by atomic mass is 10.2. The molecule has 2 rings (SSSR count). The van der Waals surface area contributed by atoms with Crippen molar-refractivity contribution in [1.29, 1.82) is 0 Å². The minimum absolute atomic E-state index is 0.117. The van der Waals surface area contributed by atoms with E-state index in [1.807, 2.05) is 25.3 Å². The molecule has 7 heteroatoms. The smallest absolute Gasteiger partial charge is 0.260 e. The van der Waals surface area contributed by atoms with Gasteiger partial charge in [-0.1, -0.05) is 47.1 Å². The van der Waals surface area contributed by atoms with Crippen LogP contribution in [-0.4, -0.2) is 22.1 Å². The quantitative estimate of drug-likeness (QED) is 0.524. The summed E-state index contributed by atoms with van der Waals surface area (Å²) in [4.78, 5) is 20.3. The first-order valence-corrected chi connectivity index (χ1v) is 7.64. The lowest BCUT2D eigenvalue weighted by Crippen LogP contribution is -2.15. The van der Waals surface area contributed by atoms with E-state index in [-0.39, 0.29) is 16.6 Å². The highest BCUT2D eigenvalue weighted by atomic mass is 35.5. The van der Waals surface area contributed by atoms with Crippen LogP contribution in [0.3, 0.4) is 0 Å². The zero-order chi connectivity index (χ0) is 14.7. The van der Waals surface area contributed by atoms with Crippen LogP contribution in [0.25, 0.3) is 0 Å². The Hall–Kier alpha value is -1.30. The molecule has 0 aliphatic rings. The molecule has 2 aromatic rings. The highest BCUT2D eigenvalue weighted by molar-refractivity contribution is 7.98. The number of thioether (sulfide) groups is 1. The fourth-order valence-electron chi connectivity index (χ4n) is 1.57. The van der Waals surface area contributed by atoms with Gasteiger partial charge in [-0.3, -0.25) is 4.79 Å². The molecule has 0 spiro atoms. The average Bonchev–Trinajstić information content (AvgIpc) is 2.42. The Labute approximate surface area is 130 Å². The normalized spacial score (nSPS) is 10.4. The molecule has 0 aliphatic carbocycles. The Morgan fingerprint density at radius 1 is 1.35 bits per heavy atom. The summed E-state index contributed by atoms with van der Waals surface area (Å²) in [6.45, 7) is 1.86. The average molecular weight is 328 g/mol. The number of carbonyl (C=O) groups excluding carboxylic acids is 1. The van der Waals surface area contributed by atoms with Crippen LogP contribution < -0.4 is 5.32 Å². The molecule has 0 radical (unpaired) electrons. The molecule has 1 N–H and O–H groups in total. The standard InChI is InChI=1S/C13H11Cl2N3OS/c1-7-4-3-5-9(14)10(7)17-12(19)8-6-16-13(20-2)18-11(8)15/h3-6H,1-2H3,(H,17,19). The van der Waals surface area contributed by atoms with Gasteiger partial charge in [-0.05, 0) is 24.8 Å². The van der Waals surface area contributed by atoms with Gasteiger partial charge in [0, 0.05) is 6.20 Å². The molecular weight excluding hydrogens is 317 g/mol. The van der Waals surface area contributed by atoms with Crippen LogP contribution in [-0.2, 0) is 0 Å². The molecule has 0 fully saturated rings. The third kappa shape index (κ3) is 3.23. The van der Waals surface area contributed by atoms with Gasteiger partial charge in [0.15, 0.2) is 5.16 Å². The van der Waals surface area contributed by atoms with E-state index in [0.717, 1.165) is 5.56 Å². The highest BCUT2D eigenvalue weighted by Crippen LogP contribution is 2.26. The van der Waals surface area contributed by atoms with Crippen molar-refractivity contribution in [3.63, 3.8) is 0 Å². The second kappa shape index (κ2) is 6.43. The van der Waals surface area contributed by atoms with Crippen molar-refractivity contribution in [2.75, 3.05) is 11.6 Å². The Kier molecular flexibility index (Phi) is 4.86. The summed E-state index contributed by atoms with van der Waals surface area (Å²) in [6.07, 6.45) is 3.24. The molecule has 0 saturated heterocycles. The summed E-state index contributed by atoms with van der Waals surface area (Å²) in [5.74, 6) is -0.390. The number of amides is 1. The summed E-state index contributed by atoms with van der Waals surface area (Å²) in [6, 6.07) is 5.38. The van der Waals surface area contributed by atoms with Gasteiger partial charge in [0.2, 0.25) is 0 Å². The molecular formula is C13H11Cl2N3OS. The summed E-state index contributed by atoms with van der Waals surface area (Å²) in [5, 5.41) is 3.83. The molecule has 0 unspecified atom stereocenters. The number of carbonyl (C=O) groups is 1. The van der Waals surface area contributed by atoms with Gasteiger partial charge >= 0.3 is 0 Å². The zero-order valence-corrected chi connectivity index (χ0v) is 13.1. The first-order chi connectivity index (χ1) is 9.52. The first kappa shape index (κ1) is 15.1. The fraction of sp³-hybridized carbons (Fsp3) is 0.154. The van der Waals surface area contributed by atoms with Crippen molar-refractivity contribution in [2.45, 2.75) is 12.1 Å². The van der Waals surface area contributed by atoms with E-state index < -0.39 is 0 Å². The topological polar surface area (TPSA) is 54.9 Å². The predicted octanol–water partition coefficient (Wildman–Crippen LogP) is 4.07. The van der Waals surface area contributed by atoms with E-state index in [2.05, 4.69) is 15.3 Å². The van der Waals surface area contributed by atoms with Crippen molar-refractivity contribution >= 4 is 46.6 Å². The Balaban J connectivity index is 2.29. The molecule has 0 atom stereocenters. The molecule has 1 heterocycles. The zero-order valence-electron chi connectivity index (χ0n) is 10.8. The largest absolute Gasteiger partial charge is 0.320 e. The number of hydrogen-bond donors (Lipinski definition) is 1. The van der Waals surface area contributed by atoms with E-state index in [0.29, 0.717) is 15.9 Å². The van der Waals surface area contributed by atoms with Gasteiger partial charge in [-0.15, -0.1) is 0 Å². The lowest BCUT2D eigenvalue weighted by Gasteiger charge is -2.10. The Morgan fingerprint density at radius 2 is 2.10 bits per heavy atom. The third-order valence-electron chi connectivity index (χ3n) is 2.61. The van der Waals surface area contributed by atoms with Crippen LogP contribution in [0.2, 0.25) is 10.2 Å². The number of nitrogens with zero attached hydrogens (tertiary/aromatic N) is 2. The molecule has 1 aromatic heterocycles. The van der Waals surface area contributed by atoms with Crippen LogP contribution >= 0.6 is 35.0 Å². The SMILES string of the molecule is CSc1ncc(C(=O)Nc2c(C)cccc2Cl)c(Cl)n1. The van der Waals surface area contributed by atoms with Gasteiger partial charge < -0.3 is 5.32 Å². The van der Waals surface area contributed by atoms with Crippen LogP contribution in [0, 0.1) is 6.92 Å². The summed E-state index contributed by atoms with van der Waals surface area (Å²) in [5.41, 5.74) is 1.64. The molecule has 0 bridgehead atoms. The molecule has 0 saturated carbocycles. The second-order valence-electron chi connectivity index (χ2n) is 3.95. The number of halogens is 2. The van der Waals surface area contributed by atoms with Crippen LogP contribution in [0.1, 0.15) is 15.9 Å². The van der Waals surface area contributed by atoms with Gasteiger partial charge in [0.25, 0.3) is 5.91 Å². The molecule has 104 valence electrons. The Morgan fingerprint density at radius 3 is 2.70 bits per heavy atom. The molecule has 0 aliphatic heterocycles. The Bertz CT molecular complexity index is 644. The molecule has 4 nitrogen and oxygen atoms in total. The number of nitrogens with one attached hydrogen (secondary N) is 1. The van der Waals surface area contributed by atoms with E-state index >= 15 is 0 Å². The van der Waals surface area contributed by atoms with Crippen molar-refractivity contribution < 1.29 is 4.79 Å². The number of para-hydroxylation sites is 1. The van der Waals surface area contributed by atoms with E-state index in [1.54, 1.807) is 6.07 Å². The lowest BCUT2D eigenvalue weighted by molar-refractivity contribution is 0.102. The van der Waals surface area contributed by atoms with Crippen molar-refractivity contribution in [3.05, 3.63) is 45.7 Å². The van der Waals surface area contributed by atoms with Crippen LogP contribution in [0.5, 0.6) is 0 Å². The highest BCUT2D eigenvalue weighted by Gasteiger charge is 2.15. The van der Waals surface area contributed by atoms with Gasteiger partial charge in [0.05, 0.1) is 16.3 Å². The van der Waals surface area contributed by atoms with Crippen molar-refractivity contribution in [2.24, 2.45) is 0 Å². The first-order valence-electron chi connectivity index (χ1n) is 5.66. The second-order valence-corrected chi connectivity index (χ2v) is 5.49. The van der Waals surface area contributed by atoms with Gasteiger partial charge in [0.1, 0.15) is 5.15 Å². The van der Waals surface area contributed by atoms with Crippen molar-refractivity contribution in [3.8, 4) is 0 Å². The number of rotatable bonds is 3. The number of aromatic nitrogens is 2. The number of hydrogen-bond acceptors (Lipinski definition) is 4. The van der Waals surface area contributed by atoms with Crippen LogP contribution in [0.4, 0.5) is 5.69 Å². The third-order valence-corrected chi connectivity index (χ3v) is 3.77. The summed E-state index contributed by atoms with van der Waals surface area (Å²) >= 11 is 13.4. The van der Waals surface area contributed by atoms with E-state index in [4.69, 9.17) is 23.2 Å². The van der Waals surface area contributed by atoms with Crippen molar-refractivity contribution in [1.82, 2.24) is 9.97 Å². The van der Waals surface area contributed by atoms with Gasteiger partial charge in [-0.2, -0.15) is 0 Å². The molecule has 1 amide bonds. The summed E-state index contributed by atoms with van der Waals surface area (Å²) in [7, 11) is 0. The minimum atomic E-state index is -0.390. The number of benzene rings is 1. The van der Waals surface area contributed by atoms with E-state index in [1.165, 1.54) is 18.0 Å². The molecule has 1 aromatic carbocycles. The summed E-state index contributed by atoms with van der Waals surface area (Å²) < 4.78 is 0. The minimum Gasteiger partial charge on any atom is -0.320 e. The monoisotopic (exact) mass is 327 g/mol. The number of anilines is 1. The maximum atomic E-state index is 12.2.